The Morgan fingerprint density at radius 3 is 2.76 bits per heavy atom. The Balaban J connectivity index is 2.31. The van der Waals surface area contributed by atoms with Crippen molar-refractivity contribution in [3.8, 4) is 5.69 Å². The van der Waals surface area contributed by atoms with Crippen molar-refractivity contribution in [1.29, 1.82) is 0 Å². The van der Waals surface area contributed by atoms with Gasteiger partial charge in [-0.2, -0.15) is 0 Å². The number of hydrogen-bond donors (Lipinski definition) is 0. The fourth-order valence-corrected chi connectivity index (χ4v) is 1.88. The van der Waals surface area contributed by atoms with E-state index in [0.717, 1.165) is 22.3 Å². The molecule has 17 heavy (non-hydrogen) atoms. The lowest BCUT2D eigenvalue weighted by Crippen LogP contribution is -2.01. The fraction of sp³-hybridized carbons (Fsp3) is 0.154. The van der Waals surface area contributed by atoms with Gasteiger partial charge < -0.3 is 0 Å². The number of nitrogens with zero attached hydrogens (tertiary/aromatic N) is 4. The van der Waals surface area contributed by atoms with E-state index in [1.807, 2.05) is 48.3 Å². The van der Waals surface area contributed by atoms with Gasteiger partial charge in [0.25, 0.3) is 0 Å². The minimum atomic E-state index is 0.897. The molecule has 0 bridgehead atoms. The van der Waals surface area contributed by atoms with Gasteiger partial charge in [0.2, 0.25) is 0 Å². The molecule has 0 saturated heterocycles. The summed E-state index contributed by atoms with van der Waals surface area (Å²) >= 11 is 0. The summed E-state index contributed by atoms with van der Waals surface area (Å²) in [7, 11) is 0. The number of rotatable bonds is 1. The van der Waals surface area contributed by atoms with E-state index in [2.05, 4.69) is 22.2 Å². The molecule has 0 fully saturated rings. The third-order valence-electron chi connectivity index (χ3n) is 3.02. The molecule has 4 nitrogen and oxygen atoms in total. The predicted octanol–water partition coefficient (Wildman–Crippen LogP) is 2.43. The third-order valence-corrected chi connectivity index (χ3v) is 3.02. The lowest BCUT2D eigenvalue weighted by Gasteiger charge is -2.07. The van der Waals surface area contributed by atoms with E-state index in [4.69, 9.17) is 0 Å². The smallest absolute Gasteiger partial charge is 0.113 e. The van der Waals surface area contributed by atoms with Gasteiger partial charge in [-0.15, -0.1) is 5.10 Å². The van der Waals surface area contributed by atoms with Crippen molar-refractivity contribution in [3.63, 3.8) is 0 Å². The van der Waals surface area contributed by atoms with Crippen LogP contribution in [0.4, 0.5) is 0 Å². The van der Waals surface area contributed by atoms with Gasteiger partial charge in [0.05, 0.1) is 17.4 Å². The van der Waals surface area contributed by atoms with E-state index in [-0.39, 0.29) is 0 Å². The van der Waals surface area contributed by atoms with Gasteiger partial charge in [-0.1, -0.05) is 17.3 Å². The molecular formula is C13H12N4. The van der Waals surface area contributed by atoms with Crippen LogP contribution in [-0.4, -0.2) is 20.0 Å². The van der Waals surface area contributed by atoms with Gasteiger partial charge in [-0.05, 0) is 37.1 Å². The van der Waals surface area contributed by atoms with Gasteiger partial charge in [0, 0.05) is 6.20 Å². The highest BCUT2D eigenvalue weighted by atomic mass is 15.4. The van der Waals surface area contributed by atoms with Crippen LogP contribution in [0.5, 0.6) is 0 Å². The number of benzene rings is 1. The number of pyridine rings is 1. The second-order valence-electron chi connectivity index (χ2n) is 4.09. The number of aryl methyl sites for hydroxylation is 1. The Morgan fingerprint density at radius 1 is 1.06 bits per heavy atom. The zero-order valence-corrected chi connectivity index (χ0v) is 9.75. The van der Waals surface area contributed by atoms with Crippen LogP contribution in [0.25, 0.3) is 16.7 Å². The van der Waals surface area contributed by atoms with Crippen molar-refractivity contribution < 1.29 is 0 Å². The first kappa shape index (κ1) is 9.96. The van der Waals surface area contributed by atoms with E-state index >= 15 is 0 Å². The van der Waals surface area contributed by atoms with E-state index in [0.29, 0.717) is 0 Å². The Kier molecular flexibility index (Phi) is 2.14. The predicted molar refractivity (Wildman–Crippen MR) is 66.1 cm³/mol. The molecule has 2 aromatic heterocycles. The summed E-state index contributed by atoms with van der Waals surface area (Å²) < 4.78 is 1.84. The Morgan fingerprint density at radius 2 is 1.88 bits per heavy atom. The van der Waals surface area contributed by atoms with Gasteiger partial charge in [0.15, 0.2) is 0 Å². The molecule has 0 amide bonds. The fourth-order valence-electron chi connectivity index (χ4n) is 1.88. The van der Waals surface area contributed by atoms with Crippen LogP contribution in [0.2, 0.25) is 0 Å². The maximum atomic E-state index is 4.22. The second kappa shape index (κ2) is 3.66. The highest BCUT2D eigenvalue weighted by Crippen LogP contribution is 2.19. The number of fused-ring (bicyclic) bond motifs is 1. The van der Waals surface area contributed by atoms with Crippen LogP contribution in [-0.2, 0) is 0 Å². The number of aromatic nitrogens is 4. The summed E-state index contributed by atoms with van der Waals surface area (Å²) in [4.78, 5) is 4.22. The number of hydrogen-bond acceptors (Lipinski definition) is 3. The zero-order valence-electron chi connectivity index (χ0n) is 9.75. The minimum absolute atomic E-state index is 0.897. The first-order chi connectivity index (χ1) is 8.27. The SMILES string of the molecule is Cc1cncc(-n2nnc3ccccc32)c1C. The molecule has 0 spiro atoms. The van der Waals surface area contributed by atoms with Crippen molar-refractivity contribution in [2.75, 3.05) is 0 Å². The Hall–Kier alpha value is -2.23. The van der Waals surface area contributed by atoms with Crippen molar-refractivity contribution in [2.45, 2.75) is 13.8 Å². The molecule has 3 rings (SSSR count). The first-order valence-electron chi connectivity index (χ1n) is 5.49. The van der Waals surface area contributed by atoms with E-state index in [9.17, 15) is 0 Å². The highest BCUT2D eigenvalue weighted by molar-refractivity contribution is 5.76. The Bertz CT molecular complexity index is 685. The topological polar surface area (TPSA) is 43.6 Å². The molecule has 0 unspecified atom stereocenters. The molecule has 3 aromatic rings. The molecule has 0 radical (unpaired) electrons. The molecule has 0 aliphatic carbocycles. The van der Waals surface area contributed by atoms with Gasteiger partial charge >= 0.3 is 0 Å². The van der Waals surface area contributed by atoms with Crippen molar-refractivity contribution in [2.24, 2.45) is 0 Å². The maximum absolute atomic E-state index is 4.22. The summed E-state index contributed by atoms with van der Waals surface area (Å²) in [5.74, 6) is 0. The van der Waals surface area contributed by atoms with Crippen LogP contribution >= 0.6 is 0 Å². The zero-order chi connectivity index (χ0) is 11.8. The molecular weight excluding hydrogens is 212 g/mol. The third kappa shape index (κ3) is 1.49. The largest absolute Gasteiger partial charge is 0.262 e. The van der Waals surface area contributed by atoms with Crippen LogP contribution < -0.4 is 0 Å². The van der Waals surface area contributed by atoms with Crippen LogP contribution in [0.1, 0.15) is 11.1 Å². The average Bonchev–Trinajstić information content (AvgIpc) is 2.77. The van der Waals surface area contributed by atoms with E-state index in [1.54, 1.807) is 0 Å². The highest BCUT2D eigenvalue weighted by Gasteiger charge is 2.09. The average molecular weight is 224 g/mol. The molecule has 0 aliphatic rings. The summed E-state index contributed by atoms with van der Waals surface area (Å²) in [5.41, 5.74) is 5.22. The molecule has 2 heterocycles. The van der Waals surface area contributed by atoms with Gasteiger partial charge in [0.1, 0.15) is 5.52 Å². The first-order valence-corrected chi connectivity index (χ1v) is 5.49. The monoisotopic (exact) mass is 224 g/mol. The van der Waals surface area contributed by atoms with Crippen molar-refractivity contribution in [1.82, 2.24) is 20.0 Å². The molecule has 4 heteroatoms. The van der Waals surface area contributed by atoms with Crippen molar-refractivity contribution >= 4 is 11.0 Å². The van der Waals surface area contributed by atoms with E-state index < -0.39 is 0 Å². The summed E-state index contributed by atoms with van der Waals surface area (Å²) in [6.07, 6.45) is 3.68. The number of para-hydroxylation sites is 1. The summed E-state index contributed by atoms with van der Waals surface area (Å²) in [5, 5.41) is 8.35. The maximum Gasteiger partial charge on any atom is 0.113 e. The normalized spacial score (nSPS) is 10.9. The van der Waals surface area contributed by atoms with Gasteiger partial charge in [-0.25, -0.2) is 4.68 Å². The van der Waals surface area contributed by atoms with Crippen molar-refractivity contribution in [3.05, 3.63) is 47.8 Å². The molecule has 1 aromatic carbocycles. The quantitative estimate of drug-likeness (QED) is 0.637. The molecule has 0 aliphatic heterocycles. The molecule has 0 saturated carbocycles. The minimum Gasteiger partial charge on any atom is -0.262 e. The van der Waals surface area contributed by atoms with Crippen LogP contribution in [0.15, 0.2) is 36.7 Å². The molecule has 84 valence electrons. The standard InChI is InChI=1S/C13H12N4/c1-9-7-14-8-13(10(9)2)17-12-6-4-3-5-11(12)15-16-17/h3-8H,1-2H3. The Labute approximate surface area is 98.9 Å². The van der Waals surface area contributed by atoms with E-state index in [1.165, 1.54) is 5.56 Å². The summed E-state index contributed by atoms with van der Waals surface area (Å²) in [6.45, 7) is 4.12. The lowest BCUT2D eigenvalue weighted by molar-refractivity contribution is 0.813. The molecule has 0 N–H and O–H groups in total. The second-order valence-corrected chi connectivity index (χ2v) is 4.09. The van der Waals surface area contributed by atoms with Crippen LogP contribution in [0.3, 0.4) is 0 Å². The summed E-state index contributed by atoms with van der Waals surface area (Å²) in [6, 6.07) is 7.91. The van der Waals surface area contributed by atoms with Gasteiger partial charge in [-0.3, -0.25) is 4.98 Å². The molecule has 0 atom stereocenters. The lowest BCUT2D eigenvalue weighted by atomic mass is 10.1. The van der Waals surface area contributed by atoms with Crippen LogP contribution in [0, 0.1) is 13.8 Å².